The van der Waals surface area contributed by atoms with Crippen LogP contribution in [-0.4, -0.2) is 56.1 Å². The first-order chi connectivity index (χ1) is 16.4. The van der Waals surface area contributed by atoms with Crippen LogP contribution in [0.1, 0.15) is 54.9 Å². The summed E-state index contributed by atoms with van der Waals surface area (Å²) in [6, 6.07) is 4.57. The highest BCUT2D eigenvalue weighted by atomic mass is 19.1. The number of amides is 1. The number of rotatable bonds is 5. The van der Waals surface area contributed by atoms with Crippen molar-refractivity contribution in [2.45, 2.75) is 50.6 Å². The Morgan fingerprint density at radius 3 is 2.56 bits per heavy atom. The summed E-state index contributed by atoms with van der Waals surface area (Å²) >= 11 is 0. The van der Waals surface area contributed by atoms with Crippen molar-refractivity contribution in [3.63, 3.8) is 0 Å². The number of halogens is 1. The molecule has 5 rings (SSSR count). The molecule has 0 unspecified atom stereocenters. The van der Waals surface area contributed by atoms with Gasteiger partial charge in [-0.15, -0.1) is 0 Å². The van der Waals surface area contributed by atoms with Crippen LogP contribution in [0.3, 0.4) is 0 Å². The van der Waals surface area contributed by atoms with Crippen LogP contribution in [0.15, 0.2) is 29.2 Å². The first kappa shape index (κ1) is 22.5. The molecule has 2 aliphatic rings. The van der Waals surface area contributed by atoms with E-state index in [-0.39, 0.29) is 29.3 Å². The molecular weight excluding hydrogens is 437 g/mol. The number of carbonyl (C=O) groups excluding carboxylic acids is 1. The van der Waals surface area contributed by atoms with Crippen molar-refractivity contribution in [2.75, 3.05) is 25.5 Å². The Bertz CT molecular complexity index is 1270. The third-order valence-corrected chi connectivity index (χ3v) is 7.05. The van der Waals surface area contributed by atoms with E-state index in [0.717, 1.165) is 51.6 Å². The van der Waals surface area contributed by atoms with Gasteiger partial charge in [0.2, 0.25) is 5.95 Å². The lowest BCUT2D eigenvalue weighted by atomic mass is 10.0. The Labute approximate surface area is 197 Å². The first-order valence-corrected chi connectivity index (χ1v) is 11.9. The third-order valence-electron chi connectivity index (χ3n) is 7.05. The van der Waals surface area contributed by atoms with E-state index < -0.39 is 11.7 Å². The van der Waals surface area contributed by atoms with E-state index in [1.54, 1.807) is 28.4 Å². The average molecular weight is 468 g/mol. The number of aryl methyl sites for hydroxylation is 1. The van der Waals surface area contributed by atoms with E-state index in [4.69, 9.17) is 0 Å². The molecule has 1 amide bonds. The molecule has 1 saturated carbocycles. The van der Waals surface area contributed by atoms with Crippen LogP contribution >= 0.6 is 0 Å². The lowest BCUT2D eigenvalue weighted by Crippen LogP contribution is -2.43. The number of piperidine rings is 1. The fourth-order valence-corrected chi connectivity index (χ4v) is 5.01. The zero-order valence-corrected chi connectivity index (χ0v) is 19.6. The topological polar surface area (TPSA) is 97.1 Å². The number of aromatic nitrogens is 4. The van der Waals surface area contributed by atoms with Crippen molar-refractivity contribution in [1.82, 2.24) is 29.3 Å². The standard InChI is InChI=1S/C24H30FN7O2/c1-30-11-9-15(10-12-30)27-22(33)18-8-7-16(13-19(18)25)28-23-26-14-20-21(29-23)32(24(34)31(20)2)17-5-3-4-6-17/h7-8,13-15,17H,3-6,9-12H2,1-2H3,(H,27,33)(H,26,28,29). The molecule has 180 valence electrons. The van der Waals surface area contributed by atoms with E-state index in [9.17, 15) is 14.0 Å². The summed E-state index contributed by atoms with van der Waals surface area (Å²) < 4.78 is 18.1. The van der Waals surface area contributed by atoms with Crippen molar-refractivity contribution in [2.24, 2.45) is 7.05 Å². The minimum absolute atomic E-state index is 0.0129. The molecule has 10 heteroatoms. The summed E-state index contributed by atoms with van der Waals surface area (Å²) in [6.45, 7) is 1.83. The molecule has 34 heavy (non-hydrogen) atoms. The van der Waals surface area contributed by atoms with Gasteiger partial charge in [-0.05, 0) is 64.0 Å². The van der Waals surface area contributed by atoms with E-state index >= 15 is 0 Å². The Morgan fingerprint density at radius 1 is 1.12 bits per heavy atom. The van der Waals surface area contributed by atoms with Crippen molar-refractivity contribution in [3.05, 3.63) is 46.3 Å². The van der Waals surface area contributed by atoms with Crippen LogP contribution < -0.4 is 16.3 Å². The number of fused-ring (bicyclic) bond motifs is 1. The van der Waals surface area contributed by atoms with Gasteiger partial charge in [-0.2, -0.15) is 4.98 Å². The second-order valence-electron chi connectivity index (χ2n) is 9.42. The summed E-state index contributed by atoms with van der Waals surface area (Å²) in [6.07, 6.45) is 7.43. The van der Waals surface area contributed by atoms with Crippen LogP contribution in [0.2, 0.25) is 0 Å². The van der Waals surface area contributed by atoms with E-state index in [1.807, 2.05) is 0 Å². The van der Waals surface area contributed by atoms with E-state index in [1.165, 1.54) is 12.1 Å². The maximum atomic E-state index is 14.8. The third kappa shape index (κ3) is 4.29. The number of imidazole rings is 1. The normalized spacial score (nSPS) is 18.0. The highest BCUT2D eigenvalue weighted by molar-refractivity contribution is 5.95. The molecule has 0 atom stereocenters. The number of nitrogens with zero attached hydrogens (tertiary/aromatic N) is 5. The molecule has 1 aliphatic heterocycles. The predicted molar refractivity (Wildman–Crippen MR) is 128 cm³/mol. The maximum Gasteiger partial charge on any atom is 0.330 e. The lowest BCUT2D eigenvalue weighted by molar-refractivity contribution is 0.0913. The molecule has 0 spiro atoms. The second kappa shape index (κ2) is 9.17. The SMILES string of the molecule is CN1CCC(NC(=O)c2ccc(Nc3ncc4c(n3)n(C3CCCC3)c(=O)n4C)cc2F)CC1. The van der Waals surface area contributed by atoms with Crippen LogP contribution in [-0.2, 0) is 7.05 Å². The quantitative estimate of drug-likeness (QED) is 0.599. The molecule has 1 aliphatic carbocycles. The van der Waals surface area contributed by atoms with Gasteiger partial charge in [-0.3, -0.25) is 13.9 Å². The minimum Gasteiger partial charge on any atom is -0.349 e. The molecule has 1 aromatic carbocycles. The van der Waals surface area contributed by atoms with Gasteiger partial charge >= 0.3 is 5.69 Å². The number of carbonyl (C=O) groups is 1. The largest absolute Gasteiger partial charge is 0.349 e. The smallest absolute Gasteiger partial charge is 0.330 e. The van der Waals surface area contributed by atoms with Gasteiger partial charge in [0.25, 0.3) is 5.91 Å². The highest BCUT2D eigenvalue weighted by Crippen LogP contribution is 2.31. The Balaban J connectivity index is 1.34. The summed E-state index contributed by atoms with van der Waals surface area (Å²) in [5.74, 6) is -0.743. The minimum atomic E-state index is -0.612. The zero-order chi connectivity index (χ0) is 23.8. The molecular formula is C24H30FN7O2. The van der Waals surface area contributed by atoms with Crippen molar-refractivity contribution in [3.8, 4) is 0 Å². The molecule has 1 saturated heterocycles. The van der Waals surface area contributed by atoms with E-state index in [0.29, 0.717) is 16.9 Å². The molecule has 2 N–H and O–H groups in total. The Morgan fingerprint density at radius 2 is 1.85 bits per heavy atom. The number of anilines is 2. The van der Waals surface area contributed by atoms with Gasteiger partial charge in [-0.25, -0.2) is 14.2 Å². The summed E-state index contributed by atoms with van der Waals surface area (Å²) in [5.41, 5.74) is 1.58. The van der Waals surface area contributed by atoms with Crippen molar-refractivity contribution < 1.29 is 9.18 Å². The number of hydrogen-bond donors (Lipinski definition) is 2. The fraction of sp³-hybridized carbons (Fsp3) is 0.500. The molecule has 2 fully saturated rings. The van der Waals surface area contributed by atoms with Crippen LogP contribution in [0, 0.1) is 5.82 Å². The van der Waals surface area contributed by atoms with Gasteiger partial charge in [-0.1, -0.05) is 12.8 Å². The molecule has 3 heterocycles. The second-order valence-corrected chi connectivity index (χ2v) is 9.42. The molecule has 3 aromatic rings. The number of nitrogens with one attached hydrogen (secondary N) is 2. The summed E-state index contributed by atoms with van der Waals surface area (Å²) in [4.78, 5) is 36.5. The van der Waals surface area contributed by atoms with Crippen molar-refractivity contribution >= 4 is 28.7 Å². The lowest BCUT2D eigenvalue weighted by Gasteiger charge is -2.29. The number of likely N-dealkylation sites (tertiary alicyclic amines) is 1. The average Bonchev–Trinajstić information content (AvgIpc) is 3.42. The molecule has 0 radical (unpaired) electrons. The van der Waals surface area contributed by atoms with Gasteiger partial charge < -0.3 is 15.5 Å². The number of hydrogen-bond acceptors (Lipinski definition) is 6. The molecule has 2 aromatic heterocycles. The summed E-state index contributed by atoms with van der Waals surface area (Å²) in [7, 11) is 3.77. The molecule has 9 nitrogen and oxygen atoms in total. The zero-order valence-electron chi connectivity index (χ0n) is 19.6. The highest BCUT2D eigenvalue weighted by Gasteiger charge is 2.24. The maximum absolute atomic E-state index is 14.8. The van der Waals surface area contributed by atoms with Crippen LogP contribution in [0.4, 0.5) is 16.0 Å². The van der Waals surface area contributed by atoms with Gasteiger partial charge in [0.1, 0.15) is 11.3 Å². The van der Waals surface area contributed by atoms with Crippen LogP contribution in [0.5, 0.6) is 0 Å². The summed E-state index contributed by atoms with van der Waals surface area (Å²) in [5, 5.41) is 5.95. The number of benzene rings is 1. The Hall–Kier alpha value is -3.27. The van der Waals surface area contributed by atoms with Gasteiger partial charge in [0, 0.05) is 24.8 Å². The molecule has 0 bridgehead atoms. The van der Waals surface area contributed by atoms with Gasteiger partial charge in [0.05, 0.1) is 11.8 Å². The monoisotopic (exact) mass is 467 g/mol. The Kier molecular flexibility index (Phi) is 6.07. The van der Waals surface area contributed by atoms with Gasteiger partial charge in [0.15, 0.2) is 5.65 Å². The van der Waals surface area contributed by atoms with Crippen molar-refractivity contribution in [1.29, 1.82) is 0 Å². The first-order valence-electron chi connectivity index (χ1n) is 11.9. The fourth-order valence-electron chi connectivity index (χ4n) is 5.01. The van der Waals surface area contributed by atoms with Crippen LogP contribution in [0.25, 0.3) is 11.2 Å². The predicted octanol–water partition coefficient (Wildman–Crippen LogP) is 2.95. The van der Waals surface area contributed by atoms with E-state index in [2.05, 4.69) is 32.5 Å².